The van der Waals surface area contributed by atoms with Crippen LogP contribution < -0.4 is 4.90 Å². The Hall–Kier alpha value is -3.17. The van der Waals surface area contributed by atoms with E-state index in [4.69, 9.17) is 0 Å². The standard InChI is InChI=1S/C22H18FN3O3S2/c1-2-31(28,29)20-9-4-3-8-17(20)21(27)26(14-16-7-5-6-12-24-16)22-25-18-11-10-15(23)13-19(18)30-22/h3-13H,2,14H2,1H3. The summed E-state index contributed by atoms with van der Waals surface area (Å²) in [5.41, 5.74) is 1.22. The average Bonchev–Trinajstić information content (AvgIpc) is 3.20. The number of carbonyl (C=O) groups is 1. The van der Waals surface area contributed by atoms with Gasteiger partial charge in [0.05, 0.1) is 38.7 Å². The molecule has 1 amide bonds. The van der Waals surface area contributed by atoms with Crippen LogP contribution in [-0.2, 0) is 16.4 Å². The summed E-state index contributed by atoms with van der Waals surface area (Å²) in [6, 6.07) is 15.7. The molecule has 9 heteroatoms. The molecule has 158 valence electrons. The van der Waals surface area contributed by atoms with Gasteiger partial charge in [0.1, 0.15) is 5.82 Å². The van der Waals surface area contributed by atoms with Gasteiger partial charge < -0.3 is 0 Å². The summed E-state index contributed by atoms with van der Waals surface area (Å²) in [6.07, 6.45) is 1.61. The number of nitrogens with zero attached hydrogens (tertiary/aromatic N) is 3. The lowest BCUT2D eigenvalue weighted by atomic mass is 10.2. The minimum absolute atomic E-state index is 0.0272. The number of benzene rings is 2. The maximum Gasteiger partial charge on any atom is 0.261 e. The Kier molecular flexibility index (Phi) is 5.79. The van der Waals surface area contributed by atoms with E-state index in [1.54, 1.807) is 42.6 Å². The summed E-state index contributed by atoms with van der Waals surface area (Å²) in [7, 11) is -3.62. The Labute approximate surface area is 182 Å². The van der Waals surface area contributed by atoms with Crippen LogP contribution in [0.4, 0.5) is 9.52 Å². The van der Waals surface area contributed by atoms with E-state index < -0.39 is 21.6 Å². The molecular weight excluding hydrogens is 437 g/mol. The van der Waals surface area contributed by atoms with Crippen LogP contribution in [0.15, 0.2) is 71.8 Å². The Morgan fingerprint density at radius 1 is 1.10 bits per heavy atom. The summed E-state index contributed by atoms with van der Waals surface area (Å²) in [5.74, 6) is -1.04. The molecule has 0 aliphatic rings. The Balaban J connectivity index is 1.84. The third-order valence-electron chi connectivity index (χ3n) is 4.69. The van der Waals surface area contributed by atoms with Crippen LogP contribution in [0.25, 0.3) is 10.2 Å². The molecule has 0 unspecified atom stereocenters. The molecule has 2 aromatic carbocycles. The number of pyridine rings is 1. The minimum Gasteiger partial charge on any atom is -0.278 e. The average molecular weight is 456 g/mol. The minimum atomic E-state index is -3.62. The fourth-order valence-electron chi connectivity index (χ4n) is 3.10. The molecule has 4 aromatic rings. The summed E-state index contributed by atoms with van der Waals surface area (Å²) >= 11 is 1.16. The summed E-state index contributed by atoms with van der Waals surface area (Å²) in [5, 5.41) is 0.333. The summed E-state index contributed by atoms with van der Waals surface area (Å²) in [6.45, 7) is 1.62. The van der Waals surface area contributed by atoms with E-state index in [2.05, 4.69) is 9.97 Å². The topological polar surface area (TPSA) is 80.2 Å². The molecule has 0 bridgehead atoms. The number of rotatable bonds is 6. The molecule has 0 spiro atoms. The van der Waals surface area contributed by atoms with Crippen molar-refractivity contribution in [1.82, 2.24) is 9.97 Å². The lowest BCUT2D eigenvalue weighted by molar-refractivity contribution is 0.0981. The van der Waals surface area contributed by atoms with Crippen LogP contribution in [0.3, 0.4) is 0 Å². The van der Waals surface area contributed by atoms with Crippen LogP contribution in [0.5, 0.6) is 0 Å². The van der Waals surface area contributed by atoms with Gasteiger partial charge in [-0.05, 0) is 42.5 Å². The van der Waals surface area contributed by atoms with E-state index in [9.17, 15) is 17.6 Å². The Bertz CT molecular complexity index is 1350. The van der Waals surface area contributed by atoms with Crippen molar-refractivity contribution in [3.63, 3.8) is 0 Å². The number of fused-ring (bicyclic) bond motifs is 1. The third kappa shape index (κ3) is 4.33. The molecule has 0 saturated heterocycles. The Morgan fingerprint density at radius 2 is 1.87 bits per heavy atom. The second-order valence-corrected chi connectivity index (χ2v) is 9.98. The number of carbonyl (C=O) groups excluding carboxylic acids is 1. The van der Waals surface area contributed by atoms with E-state index in [-0.39, 0.29) is 22.8 Å². The van der Waals surface area contributed by atoms with Crippen molar-refractivity contribution in [1.29, 1.82) is 0 Å². The lowest BCUT2D eigenvalue weighted by Crippen LogP contribution is -2.32. The van der Waals surface area contributed by atoms with E-state index >= 15 is 0 Å². The van der Waals surface area contributed by atoms with Crippen molar-refractivity contribution in [2.24, 2.45) is 0 Å². The normalized spacial score (nSPS) is 11.5. The van der Waals surface area contributed by atoms with Gasteiger partial charge in [-0.3, -0.25) is 14.7 Å². The number of hydrogen-bond donors (Lipinski definition) is 0. The molecule has 0 aliphatic carbocycles. The first-order valence-corrected chi connectivity index (χ1v) is 12.0. The molecular formula is C22H18FN3O3S2. The highest BCUT2D eigenvalue weighted by Crippen LogP contribution is 2.32. The number of halogens is 1. The number of hydrogen-bond acceptors (Lipinski definition) is 6. The van der Waals surface area contributed by atoms with Crippen LogP contribution in [0, 0.1) is 5.82 Å². The van der Waals surface area contributed by atoms with Crippen molar-refractivity contribution in [3.8, 4) is 0 Å². The second kappa shape index (κ2) is 8.52. The second-order valence-electron chi connectivity index (χ2n) is 6.72. The molecule has 0 atom stereocenters. The molecule has 2 heterocycles. The molecule has 0 aliphatic heterocycles. The van der Waals surface area contributed by atoms with Gasteiger partial charge in [-0.15, -0.1) is 0 Å². The van der Waals surface area contributed by atoms with E-state index in [1.807, 2.05) is 0 Å². The number of thiazole rings is 1. The summed E-state index contributed by atoms with van der Waals surface area (Å²) < 4.78 is 39.4. The van der Waals surface area contributed by atoms with Gasteiger partial charge in [-0.1, -0.05) is 36.5 Å². The van der Waals surface area contributed by atoms with E-state index in [0.717, 1.165) is 11.3 Å². The van der Waals surface area contributed by atoms with Crippen LogP contribution in [0.2, 0.25) is 0 Å². The molecule has 0 fully saturated rings. The number of sulfone groups is 1. The molecule has 0 N–H and O–H groups in total. The van der Waals surface area contributed by atoms with Crippen molar-refractivity contribution in [2.45, 2.75) is 18.4 Å². The molecule has 6 nitrogen and oxygen atoms in total. The molecule has 31 heavy (non-hydrogen) atoms. The maximum absolute atomic E-state index is 13.7. The fraction of sp³-hybridized carbons (Fsp3) is 0.136. The van der Waals surface area contributed by atoms with Crippen molar-refractivity contribution >= 4 is 42.4 Å². The monoisotopic (exact) mass is 455 g/mol. The van der Waals surface area contributed by atoms with E-state index in [1.165, 1.54) is 36.1 Å². The van der Waals surface area contributed by atoms with Gasteiger partial charge in [-0.2, -0.15) is 0 Å². The smallest absolute Gasteiger partial charge is 0.261 e. The van der Waals surface area contributed by atoms with Crippen LogP contribution in [-0.4, -0.2) is 30.0 Å². The third-order valence-corrected chi connectivity index (χ3v) is 7.52. The zero-order valence-electron chi connectivity index (χ0n) is 16.5. The molecule has 4 rings (SSSR count). The first kappa shape index (κ1) is 21.1. The van der Waals surface area contributed by atoms with Crippen LogP contribution in [0.1, 0.15) is 23.0 Å². The lowest BCUT2D eigenvalue weighted by Gasteiger charge is -2.21. The van der Waals surface area contributed by atoms with Gasteiger partial charge in [-0.25, -0.2) is 17.8 Å². The molecule has 0 saturated carbocycles. The van der Waals surface area contributed by atoms with Crippen molar-refractivity contribution < 1.29 is 17.6 Å². The van der Waals surface area contributed by atoms with Gasteiger partial charge in [0, 0.05) is 6.20 Å². The predicted molar refractivity (Wildman–Crippen MR) is 118 cm³/mol. The molecule has 2 aromatic heterocycles. The highest BCUT2D eigenvalue weighted by molar-refractivity contribution is 7.91. The number of aromatic nitrogens is 2. The fourth-order valence-corrected chi connectivity index (χ4v) is 5.17. The zero-order chi connectivity index (χ0) is 22.0. The summed E-state index contributed by atoms with van der Waals surface area (Å²) in [4.78, 5) is 23.7. The molecule has 0 radical (unpaired) electrons. The van der Waals surface area contributed by atoms with Crippen molar-refractivity contribution in [2.75, 3.05) is 10.7 Å². The predicted octanol–water partition coefficient (Wildman–Crippen LogP) is 4.47. The van der Waals surface area contributed by atoms with Gasteiger partial charge in [0.15, 0.2) is 15.0 Å². The van der Waals surface area contributed by atoms with Crippen LogP contribution >= 0.6 is 11.3 Å². The van der Waals surface area contributed by atoms with Gasteiger partial charge >= 0.3 is 0 Å². The highest BCUT2D eigenvalue weighted by Gasteiger charge is 2.27. The van der Waals surface area contributed by atoms with Crippen molar-refractivity contribution in [3.05, 3.63) is 83.9 Å². The SMILES string of the molecule is CCS(=O)(=O)c1ccccc1C(=O)N(Cc1ccccn1)c1nc2ccc(F)cc2s1. The first-order valence-electron chi connectivity index (χ1n) is 9.48. The van der Waals surface area contributed by atoms with Gasteiger partial charge in [0.25, 0.3) is 5.91 Å². The largest absolute Gasteiger partial charge is 0.278 e. The number of amides is 1. The Morgan fingerprint density at radius 3 is 2.61 bits per heavy atom. The quantitative estimate of drug-likeness (QED) is 0.429. The van der Waals surface area contributed by atoms with E-state index in [0.29, 0.717) is 21.0 Å². The number of anilines is 1. The first-order chi connectivity index (χ1) is 14.9. The van der Waals surface area contributed by atoms with Gasteiger partial charge in [0.2, 0.25) is 0 Å². The zero-order valence-corrected chi connectivity index (χ0v) is 18.2. The highest BCUT2D eigenvalue weighted by atomic mass is 32.2. The maximum atomic E-state index is 13.7.